The zero-order valence-corrected chi connectivity index (χ0v) is 42.2. The second-order valence-electron chi connectivity index (χ2n) is 18.9. The molecule has 0 spiro atoms. The highest BCUT2D eigenvalue weighted by molar-refractivity contribution is 7.85. The minimum atomic E-state index is -4.60. The van der Waals surface area contributed by atoms with Gasteiger partial charge in [-0.05, 0) is 32.1 Å². The van der Waals surface area contributed by atoms with Crippen LogP contribution in [0.25, 0.3) is 0 Å². The number of carbonyl (C=O) groups is 2. The molecule has 0 aromatic carbocycles. The highest BCUT2D eigenvalue weighted by atomic mass is 32.2. The molecule has 1 saturated heterocycles. The van der Waals surface area contributed by atoms with Crippen molar-refractivity contribution >= 4 is 22.1 Å². The van der Waals surface area contributed by atoms with E-state index in [2.05, 4.69) is 26.0 Å². The van der Waals surface area contributed by atoms with Crippen molar-refractivity contribution in [1.29, 1.82) is 0 Å². The van der Waals surface area contributed by atoms with Crippen molar-refractivity contribution in [3.63, 3.8) is 0 Å². The molecule has 1 aliphatic rings. The summed E-state index contributed by atoms with van der Waals surface area (Å²) in [6.45, 7) is 3.78. The van der Waals surface area contributed by atoms with Gasteiger partial charge in [0.15, 0.2) is 12.4 Å². The summed E-state index contributed by atoms with van der Waals surface area (Å²) in [5.74, 6) is -1.97. The average Bonchev–Trinajstić information content (AvgIpc) is 3.27. The van der Waals surface area contributed by atoms with Gasteiger partial charge in [-0.1, -0.05) is 219 Å². The van der Waals surface area contributed by atoms with Crippen LogP contribution in [0.2, 0.25) is 0 Å². The highest BCUT2D eigenvalue weighted by Crippen LogP contribution is 2.24. The molecular formula is C52H98O12S. The number of ether oxygens (including phenoxy) is 4. The van der Waals surface area contributed by atoms with E-state index in [1.807, 2.05) is 0 Å². The molecule has 13 heteroatoms. The fourth-order valence-electron chi connectivity index (χ4n) is 8.43. The first-order valence-electron chi connectivity index (χ1n) is 26.7. The summed E-state index contributed by atoms with van der Waals surface area (Å²) >= 11 is 0. The Bertz CT molecular complexity index is 1250. The van der Waals surface area contributed by atoms with Crippen LogP contribution in [-0.2, 0) is 38.7 Å². The van der Waals surface area contributed by atoms with E-state index in [0.29, 0.717) is 12.8 Å². The van der Waals surface area contributed by atoms with Crippen molar-refractivity contribution in [3.05, 3.63) is 12.2 Å². The van der Waals surface area contributed by atoms with Crippen molar-refractivity contribution in [2.24, 2.45) is 0 Å². The van der Waals surface area contributed by atoms with Gasteiger partial charge in [0.25, 0.3) is 10.1 Å². The van der Waals surface area contributed by atoms with Crippen LogP contribution < -0.4 is 0 Å². The van der Waals surface area contributed by atoms with Gasteiger partial charge in [0, 0.05) is 12.8 Å². The monoisotopic (exact) mass is 947 g/mol. The highest BCUT2D eigenvalue weighted by Gasteiger charge is 2.46. The van der Waals surface area contributed by atoms with E-state index in [9.17, 15) is 37.9 Å². The van der Waals surface area contributed by atoms with E-state index in [-0.39, 0.29) is 19.4 Å². The van der Waals surface area contributed by atoms with Gasteiger partial charge in [-0.3, -0.25) is 14.1 Å². The number of rotatable bonds is 46. The van der Waals surface area contributed by atoms with Gasteiger partial charge in [-0.25, -0.2) is 0 Å². The average molecular weight is 947 g/mol. The van der Waals surface area contributed by atoms with Gasteiger partial charge in [0.2, 0.25) is 0 Å². The Morgan fingerprint density at radius 2 is 0.892 bits per heavy atom. The van der Waals surface area contributed by atoms with Gasteiger partial charge < -0.3 is 34.3 Å². The summed E-state index contributed by atoms with van der Waals surface area (Å²) in [6, 6.07) is 0. The lowest BCUT2D eigenvalue weighted by Crippen LogP contribution is -2.60. The summed E-state index contributed by atoms with van der Waals surface area (Å²) in [5, 5.41) is 31.0. The minimum absolute atomic E-state index is 0.171. The zero-order chi connectivity index (χ0) is 47.6. The summed E-state index contributed by atoms with van der Waals surface area (Å²) in [7, 11) is -4.60. The minimum Gasteiger partial charge on any atom is -0.462 e. The van der Waals surface area contributed by atoms with Crippen LogP contribution in [0.15, 0.2) is 12.2 Å². The third kappa shape index (κ3) is 37.0. The Labute approximate surface area is 396 Å². The van der Waals surface area contributed by atoms with Crippen LogP contribution in [0.1, 0.15) is 251 Å². The Hall–Kier alpha value is -1.61. The van der Waals surface area contributed by atoms with Crippen molar-refractivity contribution in [3.8, 4) is 0 Å². The third-order valence-electron chi connectivity index (χ3n) is 12.6. The van der Waals surface area contributed by atoms with Gasteiger partial charge in [0.1, 0.15) is 36.8 Å². The molecule has 0 aromatic heterocycles. The van der Waals surface area contributed by atoms with Crippen LogP contribution in [0.3, 0.4) is 0 Å². The van der Waals surface area contributed by atoms with Crippen LogP contribution in [-0.4, -0.2) is 96.0 Å². The Morgan fingerprint density at radius 1 is 0.508 bits per heavy atom. The number of unbranched alkanes of at least 4 members (excludes halogenated alkanes) is 32. The molecule has 6 atom stereocenters. The number of hydrogen-bond donors (Lipinski definition) is 4. The van der Waals surface area contributed by atoms with E-state index < -0.39 is 71.2 Å². The second kappa shape index (κ2) is 42.5. The predicted octanol–water partition coefficient (Wildman–Crippen LogP) is 12.2. The first-order valence-corrected chi connectivity index (χ1v) is 28.4. The molecule has 0 saturated carbocycles. The maximum Gasteiger partial charge on any atom is 0.306 e. The Balaban J connectivity index is 2.32. The molecule has 65 heavy (non-hydrogen) atoms. The maximum atomic E-state index is 12.9. The molecule has 4 N–H and O–H groups in total. The second-order valence-corrected chi connectivity index (χ2v) is 20.4. The van der Waals surface area contributed by atoms with Gasteiger partial charge in [0.05, 0.1) is 6.61 Å². The summed E-state index contributed by atoms with van der Waals surface area (Å²) < 4.78 is 54.3. The van der Waals surface area contributed by atoms with E-state index >= 15 is 0 Å². The Kier molecular flexibility index (Phi) is 40.1. The number of esters is 2. The molecular weight excluding hydrogens is 849 g/mol. The quantitative estimate of drug-likeness (QED) is 0.0196. The van der Waals surface area contributed by atoms with Crippen LogP contribution in [0, 0.1) is 0 Å². The third-order valence-corrected chi connectivity index (χ3v) is 13.3. The molecule has 0 bridgehead atoms. The van der Waals surface area contributed by atoms with E-state index in [1.54, 1.807) is 0 Å². The van der Waals surface area contributed by atoms with E-state index in [4.69, 9.17) is 18.9 Å². The molecule has 0 amide bonds. The van der Waals surface area contributed by atoms with Crippen LogP contribution in [0.5, 0.6) is 0 Å². The number of aliphatic hydroxyl groups is 3. The lowest BCUT2D eigenvalue weighted by atomic mass is 10.00. The zero-order valence-electron chi connectivity index (χ0n) is 41.4. The molecule has 0 radical (unpaired) electrons. The van der Waals surface area contributed by atoms with E-state index in [1.165, 1.54) is 173 Å². The van der Waals surface area contributed by atoms with Crippen molar-refractivity contribution in [1.82, 2.24) is 0 Å². The lowest BCUT2D eigenvalue weighted by molar-refractivity contribution is -0.297. The number of allylic oxidation sites excluding steroid dienone is 2. The van der Waals surface area contributed by atoms with Crippen LogP contribution in [0.4, 0.5) is 0 Å². The molecule has 1 heterocycles. The molecule has 12 nitrogen and oxygen atoms in total. The molecule has 0 aromatic rings. The van der Waals surface area contributed by atoms with Gasteiger partial charge >= 0.3 is 11.9 Å². The largest absolute Gasteiger partial charge is 0.462 e. The standard InChI is InChI=1S/C52H98O12S/c1-3-5-7-9-11-13-15-17-19-20-21-22-23-24-25-27-29-31-33-35-37-39-41-48(54)63-45(43-62-52-51(57)50(56)49(55)46(64-52)44-65(58,59)60)42-61-47(53)40-38-36-34-32-30-28-26-18-16-14-12-10-8-6-4-2/h10,12,45-46,49-52,55-57H,3-9,11,13-44H2,1-2H3,(H,58,59,60)/b12-10+/t45-,46-,49-,50?,51?,52+/m1/s1. The molecule has 2 unspecified atom stereocenters. The molecule has 384 valence electrons. The summed E-state index contributed by atoms with van der Waals surface area (Å²) in [6.07, 6.45) is 38.3. The fourth-order valence-corrected chi connectivity index (χ4v) is 9.12. The molecule has 1 fully saturated rings. The van der Waals surface area contributed by atoms with E-state index in [0.717, 1.165) is 38.5 Å². The molecule has 1 aliphatic heterocycles. The van der Waals surface area contributed by atoms with Crippen molar-refractivity contribution in [2.75, 3.05) is 19.0 Å². The summed E-state index contributed by atoms with van der Waals surface area (Å²) in [5.41, 5.74) is 0. The SMILES string of the molecule is CCCC/C=C/CCCCCCCCCCCC(=O)OC[C@H](CO[C@H]1O[C@H](CS(=O)(=O)O)[C@@H](O)C(O)C1O)OC(=O)CCCCCCCCCCCCCCCCCCCCCCCC. The lowest BCUT2D eigenvalue weighted by Gasteiger charge is -2.40. The van der Waals surface area contributed by atoms with Gasteiger partial charge in [-0.2, -0.15) is 8.42 Å². The van der Waals surface area contributed by atoms with Gasteiger partial charge in [-0.15, -0.1) is 0 Å². The maximum absolute atomic E-state index is 12.9. The Morgan fingerprint density at radius 3 is 1.32 bits per heavy atom. The normalized spacial score (nSPS) is 19.5. The smallest absolute Gasteiger partial charge is 0.306 e. The fraction of sp³-hybridized carbons (Fsp3) is 0.923. The topological polar surface area (TPSA) is 186 Å². The van der Waals surface area contributed by atoms with Crippen molar-refractivity contribution < 1.29 is 56.8 Å². The number of aliphatic hydroxyl groups excluding tert-OH is 3. The predicted molar refractivity (Wildman–Crippen MR) is 261 cm³/mol. The molecule has 1 rings (SSSR count). The first-order chi connectivity index (χ1) is 31.5. The number of carbonyl (C=O) groups excluding carboxylic acids is 2. The number of hydrogen-bond acceptors (Lipinski definition) is 11. The summed E-state index contributed by atoms with van der Waals surface area (Å²) in [4.78, 5) is 25.5. The van der Waals surface area contributed by atoms with Crippen molar-refractivity contribution in [2.45, 2.75) is 288 Å². The molecule has 0 aliphatic carbocycles. The first kappa shape index (κ1) is 61.4. The van der Waals surface area contributed by atoms with Crippen LogP contribution >= 0.6 is 0 Å².